The molecule has 6 N–H and O–H groups in total. The van der Waals surface area contributed by atoms with E-state index in [0.717, 1.165) is 37.9 Å². The molecule has 0 aromatic heterocycles. The zero-order valence-corrected chi connectivity index (χ0v) is 40.1. The van der Waals surface area contributed by atoms with Gasteiger partial charge in [-0.15, -0.1) is 11.8 Å². The van der Waals surface area contributed by atoms with Crippen molar-refractivity contribution in [2.75, 3.05) is 18.8 Å². The molecule has 4 fully saturated rings. The van der Waals surface area contributed by atoms with Crippen LogP contribution >= 0.6 is 11.8 Å². The smallest absolute Gasteiger partial charge is 0.408 e. The Bertz CT molecular complexity index is 1400. The van der Waals surface area contributed by atoms with E-state index in [1.54, 1.807) is 13.8 Å². The van der Waals surface area contributed by atoms with Gasteiger partial charge in [0.1, 0.15) is 35.5 Å². The zero-order valence-electron chi connectivity index (χ0n) is 30.8. The molecule has 17 heteroatoms. The molecule has 5 aliphatic rings. The van der Waals surface area contributed by atoms with Gasteiger partial charge in [0.15, 0.2) is 11.9 Å². The molecule has 4 aliphatic carbocycles. The molecule has 1 aliphatic heterocycles. The van der Waals surface area contributed by atoms with Crippen LogP contribution in [0, 0.1) is 111 Å². The minimum atomic E-state index is -2.22. The summed E-state index contributed by atoms with van der Waals surface area (Å²) in [5.41, 5.74) is -7.28. The quantitative estimate of drug-likeness (QED) is 0.0661. The molecule has 1 saturated heterocycles. The molecular formula is C34H51Ac2NO13S. The van der Waals surface area contributed by atoms with E-state index in [1.165, 1.54) is 13.8 Å². The number of hydrogen-bond acceptors (Lipinski definition) is 14. The number of carbonyl (C=O) groups excluding carboxylic acids is 4. The number of fused-ring (bicyclic) bond motifs is 5. The standard InChI is InChI=1S/C34H51NO13S.2Ac/c1-16-19(48-29(41)25(39)23(18-10-8-7-9-11-18)35-30(42)46-15-49-6)13-34(44)28(47-17(2)36)26-32(5,20(37)12-21-33(26,43)14-45-21)27(40)24(38)22(16)31(34,3)4;;/h18-21,23-26,28,37-39,43-44H,7-15H2,1-6H3,(H,35,42);;/t19-,20-,21+,23-,24+,25+,26-,28-,32+,33-,34+;;/m0../s1/i6T;;. The van der Waals surface area contributed by atoms with Crippen LogP contribution in [0.4, 0.5) is 4.79 Å². The number of nitrogens with one attached hydrogen (secondary N) is 1. The van der Waals surface area contributed by atoms with Gasteiger partial charge in [0.05, 0.1) is 30.3 Å². The number of rotatable bonds is 8. The third kappa shape index (κ3) is 7.96. The van der Waals surface area contributed by atoms with Gasteiger partial charge in [-0.25, -0.2) is 9.59 Å². The maximum atomic E-state index is 14.4. The Morgan fingerprint density at radius 1 is 1.10 bits per heavy atom. The molecule has 1 amide bonds. The van der Waals surface area contributed by atoms with Crippen LogP contribution in [0.15, 0.2) is 11.1 Å². The summed E-state index contributed by atoms with van der Waals surface area (Å²) in [6, 6.07) is -1.09. The van der Waals surface area contributed by atoms with Crippen molar-refractivity contribution in [3.05, 3.63) is 11.1 Å². The number of aliphatic hydroxyl groups excluding tert-OH is 3. The summed E-state index contributed by atoms with van der Waals surface area (Å²) in [7, 11) is 0. The first-order valence-corrected chi connectivity index (χ1v) is 18.1. The summed E-state index contributed by atoms with van der Waals surface area (Å²) in [4.78, 5) is 53.6. The predicted molar refractivity (Wildman–Crippen MR) is 174 cm³/mol. The van der Waals surface area contributed by atoms with Gasteiger partial charge < -0.3 is 49.8 Å². The number of aliphatic hydroxyl groups is 5. The zero-order chi connectivity index (χ0) is 37.0. The van der Waals surface area contributed by atoms with Crippen LogP contribution in [0.1, 0.15) is 80.9 Å². The van der Waals surface area contributed by atoms with Crippen LogP contribution in [0.3, 0.4) is 0 Å². The number of ketones is 1. The summed E-state index contributed by atoms with van der Waals surface area (Å²) in [5.74, 6) is -4.69. The van der Waals surface area contributed by atoms with Gasteiger partial charge in [-0.2, -0.15) is 0 Å². The summed E-state index contributed by atoms with van der Waals surface area (Å²) in [6.07, 6.45) is -6.87. The molecule has 5 rings (SSSR count). The van der Waals surface area contributed by atoms with Crippen LogP contribution < -0.4 is 5.32 Å². The summed E-state index contributed by atoms with van der Waals surface area (Å²) in [6.45, 7) is 6.84. The Labute approximate surface area is 375 Å². The maximum absolute atomic E-state index is 14.4. The van der Waals surface area contributed by atoms with Crippen LogP contribution in [0.25, 0.3) is 0 Å². The molecule has 3 saturated carbocycles. The number of esters is 2. The molecule has 282 valence electrons. The van der Waals surface area contributed by atoms with Crippen molar-refractivity contribution in [3.8, 4) is 0 Å². The third-order valence-corrected chi connectivity index (χ3v) is 12.5. The Kier molecular flexibility index (Phi) is 15.1. The summed E-state index contributed by atoms with van der Waals surface area (Å²) in [5, 5.41) is 62.2. The Hall–Kier alpha value is 0.613. The van der Waals surface area contributed by atoms with E-state index in [1.807, 2.05) is 0 Å². The molecule has 0 aromatic carbocycles. The summed E-state index contributed by atoms with van der Waals surface area (Å²) >= 11 is 1.05. The molecular weight excluding hydrogens is 1120 g/mol. The van der Waals surface area contributed by atoms with E-state index in [2.05, 4.69) is 5.32 Å². The molecule has 0 spiro atoms. The van der Waals surface area contributed by atoms with Crippen LogP contribution in [0.5, 0.6) is 0 Å². The third-order valence-electron chi connectivity index (χ3n) is 12.2. The fourth-order valence-electron chi connectivity index (χ4n) is 9.38. The van der Waals surface area contributed by atoms with Gasteiger partial charge in [0.2, 0.25) is 0 Å². The van der Waals surface area contributed by atoms with E-state index in [-0.39, 0.29) is 130 Å². The minimum absolute atomic E-state index is 0. The average Bonchev–Trinajstić information content (AvgIpc) is 3.05. The normalized spacial score (nSPS) is 38.6. The second-order valence-electron chi connectivity index (χ2n) is 15.1. The fourth-order valence-corrected chi connectivity index (χ4v) is 9.57. The van der Waals surface area contributed by atoms with Crippen LogP contribution in [-0.2, 0) is 33.3 Å². The second kappa shape index (κ2) is 17.4. The van der Waals surface area contributed by atoms with E-state index in [9.17, 15) is 44.7 Å². The first kappa shape index (κ1) is 44.3. The average molecular weight is 1170 g/mol. The minimum Gasteiger partial charge on any atom is -0.459 e. The van der Waals surface area contributed by atoms with Gasteiger partial charge in [0, 0.05) is 121 Å². The van der Waals surface area contributed by atoms with Crippen LogP contribution in [-0.4, -0.2) is 122 Å². The topological polar surface area (TPSA) is 218 Å². The fraction of sp³-hybridized carbons (Fsp3) is 0.824. The maximum Gasteiger partial charge on any atom is 0.408 e. The van der Waals surface area contributed by atoms with Crippen molar-refractivity contribution in [2.45, 2.75) is 133 Å². The van der Waals surface area contributed by atoms with E-state index >= 15 is 0 Å². The molecule has 14 nitrogen and oxygen atoms in total. The number of hydrogen-bond donors (Lipinski definition) is 6. The molecule has 11 atom stereocenters. The Morgan fingerprint density at radius 2 is 1.75 bits per heavy atom. The number of Topliss-reactive ketones (excluding diaryl/α,β-unsaturated/α-hetero) is 1. The number of ether oxygens (including phenoxy) is 4. The van der Waals surface area contributed by atoms with Gasteiger partial charge in [-0.3, -0.25) is 9.59 Å². The SMILES string of the molecule is [3H]CSCOC(=O)N[C@@H](C1CCCCC1)[C@@H](O)C(=O)O[C@H]1C[C@@]2(O)[C@@H](OC(C)=O)[C@@H]3[C@]4(O)CO[C@@H]4C[C@H](O)[C@@]3(C)C(=O)[C@H](O)C(=C1C)C2(C)C.[Ac].[Ac]. The van der Waals surface area contributed by atoms with Gasteiger partial charge >= 0.3 is 18.0 Å². The van der Waals surface area contributed by atoms with E-state index in [4.69, 9.17) is 20.3 Å². The Balaban J connectivity index is 0.00000364. The molecule has 0 aromatic rings. The predicted octanol–water partition coefficient (Wildman–Crippen LogP) is 1.12. The van der Waals surface area contributed by atoms with Crippen LogP contribution in [0.2, 0.25) is 0 Å². The molecule has 2 bridgehead atoms. The van der Waals surface area contributed by atoms with Crippen molar-refractivity contribution in [2.24, 2.45) is 22.7 Å². The van der Waals surface area contributed by atoms with Crippen molar-refractivity contribution >= 4 is 35.6 Å². The first-order chi connectivity index (χ1) is 23.4. The van der Waals surface area contributed by atoms with E-state index in [0.29, 0.717) is 12.8 Å². The largest absolute Gasteiger partial charge is 0.459 e. The monoisotopic (exact) mass is 1170 g/mol. The Morgan fingerprint density at radius 3 is 2.31 bits per heavy atom. The number of alkyl carbamates (subject to hydrolysis) is 1. The van der Waals surface area contributed by atoms with Crippen molar-refractivity contribution in [1.82, 2.24) is 5.32 Å². The van der Waals surface area contributed by atoms with Crippen molar-refractivity contribution in [3.63, 3.8) is 0 Å². The van der Waals surface area contributed by atoms with Gasteiger partial charge in [-0.05, 0) is 50.0 Å². The summed E-state index contributed by atoms with van der Waals surface area (Å²) < 4.78 is 29.6. The number of amides is 1. The van der Waals surface area contributed by atoms with Crippen molar-refractivity contribution < 1.29 is 153 Å². The van der Waals surface area contributed by atoms with Crippen molar-refractivity contribution in [1.29, 1.82) is 0 Å². The molecule has 1 heterocycles. The van der Waals surface area contributed by atoms with Gasteiger partial charge in [0.25, 0.3) is 0 Å². The molecule has 51 heavy (non-hydrogen) atoms. The second-order valence-corrected chi connectivity index (χ2v) is 15.8. The molecule has 2 radical (unpaired) electrons. The molecule has 0 unspecified atom stereocenters. The van der Waals surface area contributed by atoms with Gasteiger partial charge in [-0.1, -0.05) is 33.1 Å². The first-order valence-electron chi connectivity index (χ1n) is 17.6. The van der Waals surface area contributed by atoms with E-state index < -0.39 is 101 Å². The number of carbonyl (C=O) groups is 4. The number of thioether (sulfide) groups is 1.